The van der Waals surface area contributed by atoms with Crippen molar-refractivity contribution >= 4 is 11.4 Å². The maximum atomic E-state index is 12.9. The van der Waals surface area contributed by atoms with Crippen molar-refractivity contribution in [3.05, 3.63) is 47.5 Å². The van der Waals surface area contributed by atoms with Crippen LogP contribution in [0.25, 0.3) is 0 Å². The number of rotatable bonds is 2. The summed E-state index contributed by atoms with van der Waals surface area (Å²) in [4.78, 5) is 0. The Morgan fingerprint density at radius 1 is 0.739 bits per heavy atom. The molecule has 2 rings (SSSR count). The molecule has 4 N–H and O–H groups in total. The van der Waals surface area contributed by atoms with Crippen LogP contribution in [-0.4, -0.2) is 0 Å². The zero-order valence-corrected chi connectivity index (χ0v) is 11.3. The Balaban J connectivity index is 2.46. The lowest BCUT2D eigenvalue weighted by molar-refractivity contribution is -0.139. The van der Waals surface area contributed by atoms with Crippen LogP contribution in [0.2, 0.25) is 0 Å². The van der Waals surface area contributed by atoms with Crippen molar-refractivity contribution in [2.45, 2.75) is 12.4 Å². The van der Waals surface area contributed by atoms with Crippen LogP contribution in [0.3, 0.4) is 0 Å². The molecule has 9 heteroatoms. The normalized spacial score (nSPS) is 12.3. The van der Waals surface area contributed by atoms with Gasteiger partial charge in [0.2, 0.25) is 0 Å². The molecule has 0 saturated carbocycles. The molecule has 124 valence electrons. The fraction of sp³-hybridized carbons (Fsp3) is 0.143. The van der Waals surface area contributed by atoms with Gasteiger partial charge in [0, 0.05) is 17.4 Å². The van der Waals surface area contributed by atoms with Crippen molar-refractivity contribution in [3.8, 4) is 11.5 Å². The Morgan fingerprint density at radius 3 is 1.96 bits per heavy atom. The number of nitrogens with two attached hydrogens (primary N) is 2. The molecule has 0 saturated heterocycles. The van der Waals surface area contributed by atoms with Crippen LogP contribution in [-0.2, 0) is 12.4 Å². The van der Waals surface area contributed by atoms with E-state index in [4.69, 9.17) is 16.2 Å². The first-order valence-electron chi connectivity index (χ1n) is 6.09. The van der Waals surface area contributed by atoms with Gasteiger partial charge in [-0.1, -0.05) is 0 Å². The van der Waals surface area contributed by atoms with Gasteiger partial charge in [0.1, 0.15) is 17.1 Å². The molecule has 0 radical (unpaired) electrons. The van der Waals surface area contributed by atoms with E-state index in [0.717, 1.165) is 18.2 Å². The number of alkyl halides is 6. The van der Waals surface area contributed by atoms with Crippen LogP contribution in [0.5, 0.6) is 11.5 Å². The van der Waals surface area contributed by atoms with E-state index >= 15 is 0 Å². The molecule has 0 aliphatic heterocycles. The maximum Gasteiger partial charge on any atom is 0.420 e. The summed E-state index contributed by atoms with van der Waals surface area (Å²) in [5.41, 5.74) is 7.85. The molecule has 0 aliphatic rings. The second kappa shape index (κ2) is 5.56. The molecule has 0 atom stereocenters. The lowest BCUT2D eigenvalue weighted by Crippen LogP contribution is -2.09. The minimum atomic E-state index is -4.78. The summed E-state index contributed by atoms with van der Waals surface area (Å²) < 4.78 is 81.9. The van der Waals surface area contributed by atoms with E-state index in [1.54, 1.807) is 0 Å². The third-order valence-electron chi connectivity index (χ3n) is 2.79. The first-order valence-corrected chi connectivity index (χ1v) is 6.09. The smallest absolute Gasteiger partial charge is 0.420 e. The Hall–Kier alpha value is -2.58. The average Bonchev–Trinajstić information content (AvgIpc) is 2.38. The molecule has 2 aromatic rings. The van der Waals surface area contributed by atoms with Crippen LogP contribution in [0.4, 0.5) is 37.7 Å². The topological polar surface area (TPSA) is 61.3 Å². The van der Waals surface area contributed by atoms with Crippen molar-refractivity contribution in [2.24, 2.45) is 0 Å². The molecular weight excluding hydrogens is 326 g/mol. The molecule has 3 nitrogen and oxygen atoms in total. The summed E-state index contributed by atoms with van der Waals surface area (Å²) in [7, 11) is 0. The second-order valence-electron chi connectivity index (χ2n) is 4.64. The van der Waals surface area contributed by atoms with Crippen LogP contribution in [0.1, 0.15) is 11.1 Å². The molecule has 2 aromatic carbocycles. The molecule has 0 spiro atoms. The van der Waals surface area contributed by atoms with Crippen LogP contribution >= 0.6 is 0 Å². The third kappa shape index (κ3) is 3.99. The molecule has 23 heavy (non-hydrogen) atoms. The molecule has 0 aliphatic carbocycles. The Labute approximate surface area is 126 Å². The number of nitrogen functional groups attached to an aromatic ring is 2. The highest BCUT2D eigenvalue weighted by molar-refractivity contribution is 5.53. The standard InChI is InChI=1S/C14H10F6N2O/c15-13(16,17)7-3-9(22)5-10(4-7)23-12-2-1-8(21)6-11(12)14(18,19)20/h1-6H,21-22H2. The Morgan fingerprint density at radius 2 is 1.39 bits per heavy atom. The average molecular weight is 336 g/mol. The lowest BCUT2D eigenvalue weighted by Gasteiger charge is -2.16. The molecule has 0 heterocycles. The van der Waals surface area contributed by atoms with Gasteiger partial charge >= 0.3 is 12.4 Å². The predicted octanol–water partition coefficient (Wildman–Crippen LogP) is 4.68. The Kier molecular flexibility index (Phi) is 4.06. The zero-order valence-electron chi connectivity index (χ0n) is 11.3. The highest BCUT2D eigenvalue weighted by atomic mass is 19.4. The van der Waals surface area contributed by atoms with Gasteiger partial charge in [-0.05, 0) is 30.3 Å². The summed E-state index contributed by atoms with van der Waals surface area (Å²) in [6.07, 6.45) is -9.49. The predicted molar refractivity (Wildman–Crippen MR) is 71.8 cm³/mol. The fourth-order valence-electron chi connectivity index (χ4n) is 1.83. The highest BCUT2D eigenvalue weighted by Gasteiger charge is 2.35. The minimum absolute atomic E-state index is 0.159. The minimum Gasteiger partial charge on any atom is -0.457 e. The van der Waals surface area contributed by atoms with Crippen molar-refractivity contribution in [2.75, 3.05) is 11.5 Å². The van der Waals surface area contributed by atoms with Crippen LogP contribution in [0, 0.1) is 0 Å². The molecule has 0 bridgehead atoms. The fourth-order valence-corrected chi connectivity index (χ4v) is 1.83. The molecule has 0 unspecified atom stereocenters. The monoisotopic (exact) mass is 336 g/mol. The summed E-state index contributed by atoms with van der Waals surface area (Å²) in [5, 5.41) is 0. The first-order chi connectivity index (χ1) is 10.5. The van der Waals surface area contributed by atoms with Crippen molar-refractivity contribution in [3.63, 3.8) is 0 Å². The number of anilines is 2. The number of benzene rings is 2. The van der Waals surface area contributed by atoms with E-state index in [-0.39, 0.29) is 11.4 Å². The SMILES string of the molecule is Nc1cc(Oc2ccc(N)cc2C(F)(F)F)cc(C(F)(F)F)c1. The van der Waals surface area contributed by atoms with Crippen molar-refractivity contribution in [1.82, 2.24) is 0 Å². The first kappa shape index (κ1) is 16.8. The van der Waals surface area contributed by atoms with Gasteiger partial charge in [0.05, 0.1) is 5.56 Å². The van der Waals surface area contributed by atoms with Gasteiger partial charge in [0.15, 0.2) is 0 Å². The van der Waals surface area contributed by atoms with E-state index in [2.05, 4.69) is 0 Å². The van der Waals surface area contributed by atoms with Crippen molar-refractivity contribution in [1.29, 1.82) is 0 Å². The van der Waals surface area contributed by atoms with E-state index in [0.29, 0.717) is 18.2 Å². The summed E-state index contributed by atoms with van der Waals surface area (Å²) in [6.45, 7) is 0. The van der Waals surface area contributed by atoms with Gasteiger partial charge in [-0.15, -0.1) is 0 Å². The molecule has 0 amide bonds. The largest absolute Gasteiger partial charge is 0.457 e. The highest BCUT2D eigenvalue weighted by Crippen LogP contribution is 2.40. The number of ether oxygens (including phenoxy) is 1. The maximum absolute atomic E-state index is 12.9. The quantitative estimate of drug-likeness (QED) is 0.618. The molecular formula is C14H10F6N2O. The van der Waals surface area contributed by atoms with Gasteiger partial charge in [0.25, 0.3) is 0 Å². The van der Waals surface area contributed by atoms with E-state index in [1.165, 1.54) is 0 Å². The second-order valence-corrected chi connectivity index (χ2v) is 4.64. The van der Waals surface area contributed by atoms with E-state index in [1.807, 2.05) is 0 Å². The molecule has 0 fully saturated rings. The summed E-state index contributed by atoms with van der Waals surface area (Å²) >= 11 is 0. The number of halogens is 6. The van der Waals surface area contributed by atoms with Crippen LogP contribution in [0.15, 0.2) is 36.4 Å². The zero-order chi connectivity index (χ0) is 17.4. The Bertz CT molecular complexity index is 724. The third-order valence-corrected chi connectivity index (χ3v) is 2.79. The van der Waals surface area contributed by atoms with Crippen LogP contribution < -0.4 is 16.2 Å². The summed E-state index contributed by atoms with van der Waals surface area (Å²) in [5.74, 6) is -1.14. The van der Waals surface area contributed by atoms with Crippen molar-refractivity contribution < 1.29 is 31.1 Å². The number of hydrogen-bond donors (Lipinski definition) is 2. The van der Waals surface area contributed by atoms with Gasteiger partial charge < -0.3 is 16.2 Å². The van der Waals surface area contributed by atoms with Gasteiger partial charge in [-0.3, -0.25) is 0 Å². The van der Waals surface area contributed by atoms with Gasteiger partial charge in [-0.2, -0.15) is 26.3 Å². The lowest BCUT2D eigenvalue weighted by atomic mass is 10.1. The summed E-state index contributed by atoms with van der Waals surface area (Å²) in [6, 6.07) is 4.90. The number of hydrogen-bond acceptors (Lipinski definition) is 3. The van der Waals surface area contributed by atoms with Gasteiger partial charge in [-0.25, -0.2) is 0 Å². The molecule has 0 aromatic heterocycles. The van der Waals surface area contributed by atoms with E-state index in [9.17, 15) is 26.3 Å². The van der Waals surface area contributed by atoms with E-state index < -0.39 is 35.0 Å².